The zero-order chi connectivity index (χ0) is 14.4. The summed E-state index contributed by atoms with van der Waals surface area (Å²) in [6, 6.07) is 9.90. The fraction of sp³-hybridized carbons (Fsp3) is 0.333. The molecule has 0 amide bonds. The van der Waals surface area contributed by atoms with Crippen molar-refractivity contribution in [1.82, 2.24) is 9.97 Å². The van der Waals surface area contributed by atoms with Gasteiger partial charge >= 0.3 is 0 Å². The Hall–Kier alpha value is -2.17. The third-order valence-electron chi connectivity index (χ3n) is 2.88. The van der Waals surface area contributed by atoms with Crippen LogP contribution in [0.15, 0.2) is 36.5 Å². The van der Waals surface area contributed by atoms with Crippen LogP contribution in [0.25, 0.3) is 0 Å². The fourth-order valence-electron chi connectivity index (χ4n) is 1.88. The van der Waals surface area contributed by atoms with Gasteiger partial charge in [-0.05, 0) is 12.0 Å². The van der Waals surface area contributed by atoms with Crippen molar-refractivity contribution in [1.29, 1.82) is 0 Å². The van der Waals surface area contributed by atoms with Crippen molar-refractivity contribution in [2.24, 2.45) is 0 Å². The second-order valence-electron chi connectivity index (χ2n) is 4.63. The molecule has 2 aromatic rings. The molecule has 0 unspecified atom stereocenters. The lowest BCUT2D eigenvalue weighted by Crippen LogP contribution is -2.20. The van der Waals surface area contributed by atoms with E-state index in [2.05, 4.69) is 22.2 Å². The summed E-state index contributed by atoms with van der Waals surface area (Å²) in [7, 11) is 1.82. The molecule has 0 saturated heterocycles. The summed E-state index contributed by atoms with van der Waals surface area (Å²) in [4.78, 5) is 9.96. The van der Waals surface area contributed by atoms with Crippen molar-refractivity contribution >= 4 is 11.8 Å². The Morgan fingerprint density at radius 3 is 2.70 bits per heavy atom. The number of rotatable bonds is 6. The maximum atomic E-state index is 13.9. The molecular formula is C15H19FN4. The molecule has 1 aromatic carbocycles. The average Bonchev–Trinajstić information content (AvgIpc) is 2.47. The predicted molar refractivity (Wildman–Crippen MR) is 79.3 cm³/mol. The molecule has 1 heterocycles. The van der Waals surface area contributed by atoms with Crippen molar-refractivity contribution in [2.45, 2.75) is 19.9 Å². The monoisotopic (exact) mass is 274 g/mol. The molecular weight excluding hydrogens is 255 g/mol. The number of anilines is 2. The molecule has 1 aromatic heterocycles. The summed E-state index contributed by atoms with van der Waals surface area (Å²) in [6.07, 6.45) is 2.18. The number of aromatic nitrogens is 2. The van der Waals surface area contributed by atoms with Gasteiger partial charge in [0, 0.05) is 20.1 Å². The second-order valence-corrected chi connectivity index (χ2v) is 4.63. The molecule has 0 spiro atoms. The van der Waals surface area contributed by atoms with Crippen molar-refractivity contribution in [2.75, 3.05) is 23.8 Å². The van der Waals surface area contributed by atoms with Crippen LogP contribution >= 0.6 is 0 Å². The third-order valence-corrected chi connectivity index (χ3v) is 2.88. The van der Waals surface area contributed by atoms with E-state index in [1.165, 1.54) is 6.20 Å². The summed E-state index contributed by atoms with van der Waals surface area (Å²) in [5.41, 5.74) is 1.11. The SMILES string of the molecule is CCCNc1ncc(F)c(N(C)Cc2ccccc2)n1. The van der Waals surface area contributed by atoms with Crippen LogP contribution < -0.4 is 10.2 Å². The van der Waals surface area contributed by atoms with Crippen molar-refractivity contribution < 1.29 is 4.39 Å². The molecule has 0 aliphatic carbocycles. The Morgan fingerprint density at radius 2 is 2.00 bits per heavy atom. The smallest absolute Gasteiger partial charge is 0.224 e. The molecule has 0 fully saturated rings. The zero-order valence-electron chi connectivity index (χ0n) is 11.8. The first-order chi connectivity index (χ1) is 9.70. The zero-order valence-corrected chi connectivity index (χ0v) is 11.8. The van der Waals surface area contributed by atoms with Crippen molar-refractivity contribution in [3.63, 3.8) is 0 Å². The van der Waals surface area contributed by atoms with Crippen LogP contribution in [-0.2, 0) is 6.54 Å². The first kappa shape index (κ1) is 14.2. The Bertz CT molecular complexity index is 545. The summed E-state index contributed by atoms with van der Waals surface area (Å²) in [5, 5.41) is 3.07. The van der Waals surface area contributed by atoms with Crippen LogP contribution in [0.2, 0.25) is 0 Å². The van der Waals surface area contributed by atoms with Gasteiger partial charge in [-0.2, -0.15) is 4.98 Å². The highest BCUT2D eigenvalue weighted by Gasteiger charge is 2.11. The Morgan fingerprint density at radius 1 is 1.25 bits per heavy atom. The molecule has 2 rings (SSSR count). The highest BCUT2D eigenvalue weighted by molar-refractivity contribution is 5.43. The minimum atomic E-state index is -0.412. The minimum absolute atomic E-state index is 0.308. The van der Waals surface area contributed by atoms with Crippen LogP contribution in [0.3, 0.4) is 0 Å². The predicted octanol–water partition coefficient (Wildman–Crippen LogP) is 3.07. The molecule has 1 N–H and O–H groups in total. The van der Waals surface area contributed by atoms with Gasteiger partial charge < -0.3 is 10.2 Å². The van der Waals surface area contributed by atoms with Gasteiger partial charge in [-0.15, -0.1) is 0 Å². The van der Waals surface area contributed by atoms with Gasteiger partial charge in [0.2, 0.25) is 5.95 Å². The van der Waals surface area contributed by atoms with Gasteiger partial charge in [-0.25, -0.2) is 9.37 Å². The quantitative estimate of drug-likeness (QED) is 0.879. The summed E-state index contributed by atoms with van der Waals surface area (Å²) in [5.74, 6) is 0.357. The van der Waals surface area contributed by atoms with E-state index in [4.69, 9.17) is 0 Å². The lowest BCUT2D eigenvalue weighted by Gasteiger charge is -2.19. The second kappa shape index (κ2) is 6.84. The molecule has 20 heavy (non-hydrogen) atoms. The number of hydrogen-bond donors (Lipinski definition) is 1. The molecule has 0 bridgehead atoms. The van der Waals surface area contributed by atoms with E-state index >= 15 is 0 Å². The maximum absolute atomic E-state index is 13.9. The number of hydrogen-bond acceptors (Lipinski definition) is 4. The van der Waals surface area contributed by atoms with E-state index < -0.39 is 5.82 Å². The Kier molecular flexibility index (Phi) is 4.87. The summed E-state index contributed by atoms with van der Waals surface area (Å²) >= 11 is 0. The summed E-state index contributed by atoms with van der Waals surface area (Å²) in [6.45, 7) is 3.43. The molecule has 0 aliphatic rings. The van der Waals surface area contributed by atoms with E-state index in [1.807, 2.05) is 37.4 Å². The molecule has 0 saturated carbocycles. The van der Waals surface area contributed by atoms with E-state index in [9.17, 15) is 4.39 Å². The van der Waals surface area contributed by atoms with E-state index in [0.717, 1.165) is 18.5 Å². The highest BCUT2D eigenvalue weighted by Crippen LogP contribution is 2.18. The average molecular weight is 274 g/mol. The Balaban J connectivity index is 2.13. The van der Waals surface area contributed by atoms with Crippen molar-refractivity contribution in [3.05, 3.63) is 47.9 Å². The first-order valence-corrected chi connectivity index (χ1v) is 6.72. The Labute approximate surface area is 118 Å². The van der Waals surface area contributed by atoms with Gasteiger partial charge in [0.05, 0.1) is 6.20 Å². The third kappa shape index (κ3) is 3.66. The summed E-state index contributed by atoms with van der Waals surface area (Å²) < 4.78 is 13.9. The standard InChI is InChI=1S/C15H19FN4/c1-3-9-17-15-18-10-13(16)14(19-15)20(2)11-12-7-5-4-6-8-12/h4-8,10H,3,9,11H2,1-2H3,(H,17,18,19). The number of nitrogens with zero attached hydrogens (tertiary/aromatic N) is 3. The van der Waals surface area contributed by atoms with Crippen LogP contribution in [0, 0.1) is 5.82 Å². The van der Waals surface area contributed by atoms with Gasteiger partial charge in [-0.3, -0.25) is 0 Å². The highest BCUT2D eigenvalue weighted by atomic mass is 19.1. The van der Waals surface area contributed by atoms with Gasteiger partial charge in [0.1, 0.15) is 0 Å². The minimum Gasteiger partial charge on any atom is -0.354 e. The van der Waals surface area contributed by atoms with Crippen LogP contribution in [-0.4, -0.2) is 23.6 Å². The molecule has 4 nitrogen and oxygen atoms in total. The molecule has 0 radical (unpaired) electrons. The van der Waals surface area contributed by atoms with E-state index in [1.54, 1.807) is 4.90 Å². The largest absolute Gasteiger partial charge is 0.354 e. The number of benzene rings is 1. The van der Waals surface area contributed by atoms with E-state index in [0.29, 0.717) is 18.3 Å². The topological polar surface area (TPSA) is 41.1 Å². The number of nitrogens with one attached hydrogen (secondary N) is 1. The van der Waals surface area contributed by atoms with Crippen LogP contribution in [0.1, 0.15) is 18.9 Å². The first-order valence-electron chi connectivity index (χ1n) is 6.72. The van der Waals surface area contributed by atoms with Gasteiger partial charge in [-0.1, -0.05) is 37.3 Å². The van der Waals surface area contributed by atoms with Gasteiger partial charge in [0.15, 0.2) is 11.6 Å². The van der Waals surface area contributed by atoms with Crippen LogP contribution in [0.5, 0.6) is 0 Å². The fourth-order valence-corrected chi connectivity index (χ4v) is 1.88. The lowest BCUT2D eigenvalue weighted by atomic mass is 10.2. The number of halogens is 1. The normalized spacial score (nSPS) is 10.3. The van der Waals surface area contributed by atoms with Crippen LogP contribution in [0.4, 0.5) is 16.2 Å². The maximum Gasteiger partial charge on any atom is 0.224 e. The van der Waals surface area contributed by atoms with E-state index in [-0.39, 0.29) is 0 Å². The van der Waals surface area contributed by atoms with Crippen molar-refractivity contribution in [3.8, 4) is 0 Å². The van der Waals surface area contributed by atoms with Gasteiger partial charge in [0.25, 0.3) is 0 Å². The molecule has 5 heteroatoms. The lowest BCUT2D eigenvalue weighted by molar-refractivity contribution is 0.607. The molecule has 0 atom stereocenters. The molecule has 0 aliphatic heterocycles. The molecule has 106 valence electrons.